The van der Waals surface area contributed by atoms with Crippen LogP contribution in [0.4, 0.5) is 0 Å². The molecule has 1 aliphatic rings. The van der Waals surface area contributed by atoms with E-state index in [9.17, 15) is 9.90 Å². The molecule has 0 saturated carbocycles. The number of aryl methyl sites for hydroxylation is 1. The average molecular weight is 268 g/mol. The van der Waals surface area contributed by atoms with Crippen LogP contribution in [0.1, 0.15) is 46.3 Å². The second kappa shape index (κ2) is 6.00. The van der Waals surface area contributed by atoms with E-state index < -0.39 is 5.97 Å². The van der Waals surface area contributed by atoms with Gasteiger partial charge in [0.2, 0.25) is 0 Å². The molecule has 0 aromatic heterocycles. The fraction of sp³-hybridized carbons (Fsp3) is 0.462. The third-order valence-electron chi connectivity index (χ3n) is 3.29. The molecule has 1 unspecified atom stereocenters. The molecule has 1 aliphatic heterocycles. The van der Waals surface area contributed by atoms with Crippen LogP contribution in [-0.4, -0.2) is 16.8 Å². The highest BCUT2D eigenvalue weighted by Crippen LogP contribution is 2.42. The van der Waals surface area contributed by atoms with Crippen LogP contribution < -0.4 is 0 Å². The molecule has 1 atom stereocenters. The first-order valence-corrected chi connectivity index (χ1v) is 6.67. The summed E-state index contributed by atoms with van der Waals surface area (Å²) < 4.78 is 0. The van der Waals surface area contributed by atoms with Crippen LogP contribution in [0, 0.1) is 23.8 Å². The van der Waals surface area contributed by atoms with E-state index in [-0.39, 0.29) is 0 Å². The van der Waals surface area contributed by atoms with Gasteiger partial charge in [0.1, 0.15) is 0 Å². The SMILES string of the molecule is Cc1cc(C(=O)O)c(C)c2c1SCCC2C.O=O. The number of aromatic carboxylic acids is 1. The lowest BCUT2D eigenvalue weighted by molar-refractivity contribution is 0.0695. The molecular weight excluding hydrogens is 252 g/mol. The van der Waals surface area contributed by atoms with Gasteiger partial charge in [-0.25, -0.2) is 4.79 Å². The first-order valence-electron chi connectivity index (χ1n) is 5.69. The van der Waals surface area contributed by atoms with E-state index in [4.69, 9.17) is 9.93 Å². The number of carboxylic acids is 1. The zero-order valence-corrected chi connectivity index (χ0v) is 11.5. The minimum atomic E-state index is -0.814. The van der Waals surface area contributed by atoms with Crippen LogP contribution in [0.2, 0.25) is 0 Å². The molecule has 0 saturated heterocycles. The molecule has 0 bridgehead atoms. The number of carbonyl (C=O) groups is 1. The second-order valence-electron chi connectivity index (χ2n) is 4.45. The number of hydrogen-bond donors (Lipinski definition) is 1. The molecular formula is C13H16O4S. The second-order valence-corrected chi connectivity index (χ2v) is 5.56. The molecule has 98 valence electrons. The van der Waals surface area contributed by atoms with Crippen LogP contribution in [0.5, 0.6) is 0 Å². The van der Waals surface area contributed by atoms with Gasteiger partial charge in [0.25, 0.3) is 0 Å². The van der Waals surface area contributed by atoms with Crippen LogP contribution in [0.3, 0.4) is 0 Å². The summed E-state index contributed by atoms with van der Waals surface area (Å²) in [6, 6.07) is 1.81. The van der Waals surface area contributed by atoms with Crippen molar-refractivity contribution in [3.05, 3.63) is 38.2 Å². The molecule has 5 heteroatoms. The minimum Gasteiger partial charge on any atom is -0.478 e. The molecule has 0 amide bonds. The van der Waals surface area contributed by atoms with E-state index in [1.807, 2.05) is 31.7 Å². The van der Waals surface area contributed by atoms with E-state index in [0.717, 1.165) is 23.3 Å². The fourth-order valence-electron chi connectivity index (χ4n) is 2.41. The van der Waals surface area contributed by atoms with Gasteiger partial charge in [0, 0.05) is 14.8 Å². The molecule has 0 radical (unpaired) electrons. The highest BCUT2D eigenvalue weighted by atomic mass is 32.2. The summed E-state index contributed by atoms with van der Waals surface area (Å²) in [5, 5.41) is 9.17. The van der Waals surface area contributed by atoms with Crippen molar-refractivity contribution in [1.29, 1.82) is 0 Å². The molecule has 0 aliphatic carbocycles. The normalized spacial score (nSPS) is 17.4. The highest BCUT2D eigenvalue weighted by molar-refractivity contribution is 7.99. The molecule has 18 heavy (non-hydrogen) atoms. The smallest absolute Gasteiger partial charge is 0.335 e. The summed E-state index contributed by atoms with van der Waals surface area (Å²) >= 11 is 1.86. The van der Waals surface area contributed by atoms with Crippen molar-refractivity contribution in [1.82, 2.24) is 0 Å². The van der Waals surface area contributed by atoms with Crippen LogP contribution in [-0.2, 0) is 0 Å². The first-order chi connectivity index (χ1) is 8.52. The Morgan fingerprint density at radius 3 is 2.56 bits per heavy atom. The molecule has 1 N–H and O–H groups in total. The number of benzene rings is 1. The van der Waals surface area contributed by atoms with Gasteiger partial charge in [-0.1, -0.05) is 6.92 Å². The largest absolute Gasteiger partial charge is 0.478 e. The average Bonchev–Trinajstić information content (AvgIpc) is 2.35. The Morgan fingerprint density at radius 1 is 1.39 bits per heavy atom. The molecule has 1 aromatic rings. The van der Waals surface area contributed by atoms with E-state index in [0.29, 0.717) is 11.5 Å². The van der Waals surface area contributed by atoms with Gasteiger partial charge in [-0.3, -0.25) is 0 Å². The maximum Gasteiger partial charge on any atom is 0.335 e. The molecule has 4 nitrogen and oxygen atoms in total. The summed E-state index contributed by atoms with van der Waals surface area (Å²) in [6.45, 7) is 6.14. The van der Waals surface area contributed by atoms with Crippen LogP contribution in [0.15, 0.2) is 11.0 Å². The Kier molecular flexibility index (Phi) is 4.90. The van der Waals surface area contributed by atoms with Gasteiger partial charge in [0.05, 0.1) is 5.56 Å². The van der Waals surface area contributed by atoms with Gasteiger partial charge >= 0.3 is 5.97 Å². The van der Waals surface area contributed by atoms with Crippen molar-refractivity contribution in [2.45, 2.75) is 38.0 Å². The molecule has 0 fully saturated rings. The van der Waals surface area contributed by atoms with Gasteiger partial charge in [-0.15, -0.1) is 11.8 Å². The number of carboxylic acid groups (broad SMARTS) is 1. The Labute approximate surface area is 110 Å². The number of hydrogen-bond acceptors (Lipinski definition) is 4. The van der Waals surface area contributed by atoms with Crippen molar-refractivity contribution in [3.8, 4) is 0 Å². The maximum absolute atomic E-state index is 11.2. The van der Waals surface area contributed by atoms with Gasteiger partial charge in [-0.2, -0.15) is 0 Å². The zero-order chi connectivity index (χ0) is 13.9. The van der Waals surface area contributed by atoms with Crippen LogP contribution in [0.25, 0.3) is 0 Å². The quantitative estimate of drug-likeness (QED) is 0.841. The van der Waals surface area contributed by atoms with Crippen LogP contribution >= 0.6 is 11.8 Å². The van der Waals surface area contributed by atoms with Gasteiger partial charge < -0.3 is 5.11 Å². The standard InChI is InChI=1S/C13H16O2S.O2/c1-7-4-5-16-12-8(2)6-10(13(14)15)9(3)11(7)12;1-2/h6-7H,4-5H2,1-3H3,(H,14,15);. The molecule has 2 rings (SSSR count). The van der Waals surface area contributed by atoms with E-state index in [1.165, 1.54) is 10.5 Å². The van der Waals surface area contributed by atoms with E-state index in [1.54, 1.807) is 0 Å². The predicted molar refractivity (Wildman–Crippen MR) is 73.4 cm³/mol. The Hall–Kier alpha value is -1.36. The maximum atomic E-state index is 11.2. The molecule has 1 heterocycles. The lowest BCUT2D eigenvalue weighted by Gasteiger charge is -2.26. The summed E-state index contributed by atoms with van der Waals surface area (Å²) in [4.78, 5) is 26.5. The van der Waals surface area contributed by atoms with Crippen molar-refractivity contribution in [2.75, 3.05) is 5.75 Å². The van der Waals surface area contributed by atoms with Crippen molar-refractivity contribution in [3.63, 3.8) is 0 Å². The van der Waals surface area contributed by atoms with E-state index >= 15 is 0 Å². The summed E-state index contributed by atoms with van der Waals surface area (Å²) in [5.74, 6) is 0.807. The lowest BCUT2D eigenvalue weighted by Crippen LogP contribution is -2.12. The van der Waals surface area contributed by atoms with E-state index in [2.05, 4.69) is 6.92 Å². The van der Waals surface area contributed by atoms with Gasteiger partial charge in [0.15, 0.2) is 0 Å². The van der Waals surface area contributed by atoms with Crippen molar-refractivity contribution in [2.24, 2.45) is 0 Å². The Balaban J connectivity index is 0.000000771. The first kappa shape index (κ1) is 14.7. The number of thioether (sulfide) groups is 1. The van der Waals surface area contributed by atoms with Crippen molar-refractivity contribution >= 4 is 17.7 Å². The number of fused-ring (bicyclic) bond motifs is 1. The fourth-order valence-corrected chi connectivity index (χ4v) is 3.88. The predicted octanol–water partition coefficient (Wildman–Crippen LogP) is 3.67. The summed E-state index contributed by atoms with van der Waals surface area (Å²) in [7, 11) is 0. The molecule has 1 aromatic carbocycles. The third kappa shape index (κ3) is 2.56. The minimum absolute atomic E-state index is 0.464. The molecule has 0 spiro atoms. The van der Waals surface area contributed by atoms with Crippen molar-refractivity contribution < 1.29 is 9.90 Å². The monoisotopic (exact) mass is 268 g/mol. The Bertz CT molecular complexity index is 471. The lowest BCUT2D eigenvalue weighted by atomic mass is 9.89. The summed E-state index contributed by atoms with van der Waals surface area (Å²) in [5.41, 5.74) is 3.78. The Morgan fingerprint density at radius 2 is 2.00 bits per heavy atom. The number of rotatable bonds is 1. The third-order valence-corrected chi connectivity index (χ3v) is 4.56. The highest BCUT2D eigenvalue weighted by Gasteiger charge is 2.24. The zero-order valence-electron chi connectivity index (χ0n) is 10.6. The van der Waals surface area contributed by atoms with Gasteiger partial charge in [-0.05, 0) is 54.7 Å². The summed E-state index contributed by atoms with van der Waals surface area (Å²) in [6.07, 6.45) is 1.14. The topological polar surface area (TPSA) is 71.4 Å².